The molecule has 1 aliphatic rings. The lowest BCUT2D eigenvalue weighted by molar-refractivity contribution is -0.132. The van der Waals surface area contributed by atoms with Gasteiger partial charge < -0.3 is 9.64 Å². The fraction of sp³-hybridized carbons (Fsp3) is 0.391. The molecule has 0 N–H and O–H groups in total. The number of piperazine rings is 1. The zero-order valence-electron chi connectivity index (χ0n) is 17.6. The first-order valence-corrected chi connectivity index (χ1v) is 11.1. The number of carbonyl (C=O) groups is 1. The molecule has 0 saturated carbocycles. The van der Waals surface area contributed by atoms with E-state index in [1.165, 1.54) is 4.70 Å². The third kappa shape index (κ3) is 4.98. The molecule has 1 aliphatic heterocycles. The van der Waals surface area contributed by atoms with Crippen LogP contribution in [0.25, 0.3) is 10.2 Å². The Kier molecular flexibility index (Phi) is 6.62. The Labute approximate surface area is 181 Å². The smallest absolute Gasteiger partial charge is 0.236 e. The number of amides is 1. The summed E-state index contributed by atoms with van der Waals surface area (Å²) < 4.78 is 6.64. The maximum Gasteiger partial charge on any atom is 0.236 e. The molecule has 2 heterocycles. The summed E-state index contributed by atoms with van der Waals surface area (Å²) in [5, 5.41) is 1.16. The molecule has 158 valence electrons. The van der Waals surface area contributed by atoms with Crippen LogP contribution in [0.4, 0.5) is 0 Å². The van der Waals surface area contributed by atoms with Crippen molar-refractivity contribution in [2.45, 2.75) is 13.1 Å². The van der Waals surface area contributed by atoms with Gasteiger partial charge >= 0.3 is 0 Å². The van der Waals surface area contributed by atoms with Crippen molar-refractivity contribution in [3.8, 4) is 5.75 Å². The molecule has 7 heteroatoms. The maximum atomic E-state index is 12.7. The average Bonchev–Trinajstić information content (AvgIpc) is 3.17. The Morgan fingerprint density at radius 1 is 1.07 bits per heavy atom. The van der Waals surface area contributed by atoms with Gasteiger partial charge in [-0.25, -0.2) is 4.98 Å². The fourth-order valence-corrected chi connectivity index (χ4v) is 4.78. The fourth-order valence-electron chi connectivity index (χ4n) is 3.77. The number of nitrogens with zero attached hydrogens (tertiary/aromatic N) is 4. The van der Waals surface area contributed by atoms with Gasteiger partial charge in [-0.2, -0.15) is 0 Å². The van der Waals surface area contributed by atoms with E-state index in [1.54, 1.807) is 23.3 Å². The van der Waals surface area contributed by atoms with Crippen molar-refractivity contribution in [2.75, 3.05) is 46.9 Å². The van der Waals surface area contributed by atoms with Crippen LogP contribution in [0.15, 0.2) is 48.5 Å². The van der Waals surface area contributed by atoms with Gasteiger partial charge in [0.05, 0.1) is 30.4 Å². The van der Waals surface area contributed by atoms with Gasteiger partial charge in [-0.1, -0.05) is 30.3 Å². The molecular formula is C23H28N4O2S. The van der Waals surface area contributed by atoms with E-state index < -0.39 is 0 Å². The van der Waals surface area contributed by atoms with Gasteiger partial charge in [-0.3, -0.25) is 14.6 Å². The van der Waals surface area contributed by atoms with E-state index in [4.69, 9.17) is 9.72 Å². The summed E-state index contributed by atoms with van der Waals surface area (Å²) in [7, 11) is 3.52. The number of hydrogen-bond donors (Lipinski definition) is 0. The Morgan fingerprint density at radius 3 is 2.53 bits per heavy atom. The van der Waals surface area contributed by atoms with Crippen molar-refractivity contribution >= 4 is 27.5 Å². The first kappa shape index (κ1) is 20.8. The number of aromatic nitrogens is 1. The number of rotatable bonds is 7. The number of benzene rings is 2. The van der Waals surface area contributed by atoms with Gasteiger partial charge in [0, 0.05) is 45.3 Å². The number of ether oxygens (including phenoxy) is 1. The number of thiazole rings is 1. The number of para-hydroxylation sites is 2. The number of hydrogen-bond acceptors (Lipinski definition) is 6. The quantitative estimate of drug-likeness (QED) is 0.583. The van der Waals surface area contributed by atoms with Gasteiger partial charge in [0.1, 0.15) is 10.8 Å². The predicted molar refractivity (Wildman–Crippen MR) is 121 cm³/mol. The van der Waals surface area contributed by atoms with E-state index in [1.807, 2.05) is 37.4 Å². The van der Waals surface area contributed by atoms with Crippen LogP contribution in [-0.2, 0) is 17.9 Å². The van der Waals surface area contributed by atoms with Crippen LogP contribution in [0.1, 0.15) is 10.6 Å². The number of likely N-dealkylation sites (N-methyl/N-ethyl adjacent to an activating group) is 1. The largest absolute Gasteiger partial charge is 0.496 e. The van der Waals surface area contributed by atoms with E-state index >= 15 is 0 Å². The van der Waals surface area contributed by atoms with Crippen molar-refractivity contribution < 1.29 is 9.53 Å². The van der Waals surface area contributed by atoms with Crippen molar-refractivity contribution in [3.05, 3.63) is 59.1 Å². The lowest BCUT2D eigenvalue weighted by atomic mass is 10.2. The van der Waals surface area contributed by atoms with Crippen LogP contribution in [0.2, 0.25) is 0 Å². The minimum Gasteiger partial charge on any atom is -0.496 e. The van der Waals surface area contributed by atoms with E-state index in [0.717, 1.165) is 54.6 Å². The van der Waals surface area contributed by atoms with Gasteiger partial charge in [0.2, 0.25) is 5.91 Å². The van der Waals surface area contributed by atoms with Crippen molar-refractivity contribution in [3.63, 3.8) is 0 Å². The zero-order valence-corrected chi connectivity index (χ0v) is 18.4. The van der Waals surface area contributed by atoms with Crippen LogP contribution < -0.4 is 4.74 Å². The molecule has 6 nitrogen and oxygen atoms in total. The van der Waals surface area contributed by atoms with E-state index in [-0.39, 0.29) is 5.91 Å². The van der Waals surface area contributed by atoms with Crippen molar-refractivity contribution in [1.29, 1.82) is 0 Å². The van der Waals surface area contributed by atoms with Crippen molar-refractivity contribution in [2.24, 2.45) is 0 Å². The number of methoxy groups -OCH3 is 1. The van der Waals surface area contributed by atoms with Crippen LogP contribution in [0.5, 0.6) is 5.75 Å². The third-order valence-electron chi connectivity index (χ3n) is 5.55. The standard InChI is InChI=1S/C23H28N4O2S/c1-25(15-18-7-3-5-9-20(18)29-2)23(28)17-27-13-11-26(12-14-27)16-22-24-19-8-4-6-10-21(19)30-22/h3-10H,11-17H2,1-2H3. The third-order valence-corrected chi connectivity index (χ3v) is 6.57. The minimum absolute atomic E-state index is 0.139. The highest BCUT2D eigenvalue weighted by Crippen LogP contribution is 2.23. The van der Waals surface area contributed by atoms with Crippen LogP contribution >= 0.6 is 11.3 Å². The lowest BCUT2D eigenvalue weighted by Crippen LogP contribution is -2.49. The first-order chi connectivity index (χ1) is 14.6. The van der Waals surface area contributed by atoms with Gasteiger partial charge in [0.15, 0.2) is 0 Å². The summed E-state index contributed by atoms with van der Waals surface area (Å²) in [6.45, 7) is 5.62. The molecule has 3 aromatic rings. The molecule has 30 heavy (non-hydrogen) atoms. The molecule has 0 spiro atoms. The lowest BCUT2D eigenvalue weighted by Gasteiger charge is -2.34. The molecule has 0 aliphatic carbocycles. The molecule has 1 saturated heterocycles. The Morgan fingerprint density at radius 2 is 1.77 bits per heavy atom. The SMILES string of the molecule is COc1ccccc1CN(C)C(=O)CN1CCN(Cc2nc3ccccc3s2)CC1. The number of fused-ring (bicyclic) bond motifs is 1. The summed E-state index contributed by atoms with van der Waals surface area (Å²) >= 11 is 1.77. The van der Waals surface area contributed by atoms with Gasteiger partial charge in [-0.15, -0.1) is 11.3 Å². The maximum absolute atomic E-state index is 12.7. The Hall–Kier alpha value is -2.48. The second-order valence-corrected chi connectivity index (χ2v) is 8.80. The Balaban J connectivity index is 1.25. The van der Waals surface area contributed by atoms with E-state index in [0.29, 0.717) is 13.1 Å². The topological polar surface area (TPSA) is 48.9 Å². The molecule has 0 atom stereocenters. The Bertz CT molecular complexity index is 965. The summed E-state index contributed by atoms with van der Waals surface area (Å²) in [6, 6.07) is 16.1. The average molecular weight is 425 g/mol. The van der Waals surface area contributed by atoms with E-state index in [2.05, 4.69) is 28.0 Å². The monoisotopic (exact) mass is 424 g/mol. The number of carbonyl (C=O) groups excluding carboxylic acids is 1. The normalized spacial score (nSPS) is 15.4. The molecule has 4 rings (SSSR count). The molecule has 0 unspecified atom stereocenters. The molecule has 1 amide bonds. The summed E-state index contributed by atoms with van der Waals surface area (Å²) in [5.74, 6) is 0.959. The van der Waals surface area contributed by atoms with E-state index in [9.17, 15) is 4.79 Å². The molecule has 0 radical (unpaired) electrons. The second kappa shape index (κ2) is 9.55. The van der Waals surface area contributed by atoms with Crippen LogP contribution in [-0.4, -0.2) is 72.5 Å². The summed E-state index contributed by atoms with van der Waals surface area (Å²) in [6.07, 6.45) is 0. The summed E-state index contributed by atoms with van der Waals surface area (Å²) in [5.41, 5.74) is 2.11. The van der Waals surface area contributed by atoms with Gasteiger partial charge in [-0.05, 0) is 18.2 Å². The van der Waals surface area contributed by atoms with Gasteiger partial charge in [0.25, 0.3) is 0 Å². The molecule has 0 bridgehead atoms. The minimum atomic E-state index is 0.139. The predicted octanol–water partition coefficient (Wildman–Crippen LogP) is 3.08. The molecule has 1 aromatic heterocycles. The second-order valence-electron chi connectivity index (χ2n) is 7.69. The van der Waals surface area contributed by atoms with Crippen molar-refractivity contribution in [1.82, 2.24) is 19.7 Å². The molecule has 1 fully saturated rings. The highest BCUT2D eigenvalue weighted by atomic mass is 32.1. The zero-order chi connectivity index (χ0) is 20.9. The van der Waals surface area contributed by atoms with Crippen LogP contribution in [0.3, 0.4) is 0 Å². The molecule has 2 aromatic carbocycles. The highest BCUT2D eigenvalue weighted by Gasteiger charge is 2.21. The molecular weight excluding hydrogens is 396 g/mol. The summed E-state index contributed by atoms with van der Waals surface area (Å²) in [4.78, 5) is 23.9. The highest BCUT2D eigenvalue weighted by molar-refractivity contribution is 7.18. The van der Waals surface area contributed by atoms with Crippen LogP contribution in [0, 0.1) is 0 Å². The first-order valence-electron chi connectivity index (χ1n) is 10.3.